The molecule has 1 aromatic rings. The number of sulfonamides is 1. The van der Waals surface area contributed by atoms with Crippen LogP contribution in [0, 0.1) is 5.92 Å². The van der Waals surface area contributed by atoms with Gasteiger partial charge in [0.15, 0.2) is 0 Å². The van der Waals surface area contributed by atoms with Crippen LogP contribution in [0.3, 0.4) is 0 Å². The van der Waals surface area contributed by atoms with Crippen LogP contribution in [-0.4, -0.2) is 52.2 Å². The van der Waals surface area contributed by atoms with Gasteiger partial charge in [0.1, 0.15) is 4.21 Å². The molecule has 7 heteroatoms. The van der Waals surface area contributed by atoms with E-state index in [2.05, 4.69) is 23.5 Å². The van der Waals surface area contributed by atoms with Gasteiger partial charge in [-0.2, -0.15) is 0 Å². The third-order valence-electron chi connectivity index (χ3n) is 3.57. The molecule has 2 rings (SSSR count). The van der Waals surface area contributed by atoms with Crippen LogP contribution in [0.25, 0.3) is 0 Å². The van der Waals surface area contributed by atoms with Crippen molar-refractivity contribution in [2.75, 3.05) is 32.8 Å². The molecule has 1 fully saturated rings. The second-order valence-electron chi connectivity index (χ2n) is 5.72. The minimum atomic E-state index is -3.38. The number of hydrogen-bond donors (Lipinski definition) is 1. The SMILES string of the molecule is CC(C)C[C@H](CNS(=O)(=O)c1cccs1)N1CCOCC1. The van der Waals surface area contributed by atoms with Gasteiger partial charge in [-0.3, -0.25) is 4.90 Å². The highest BCUT2D eigenvalue weighted by Crippen LogP contribution is 2.17. The Balaban J connectivity index is 1.98. The molecule has 0 aliphatic carbocycles. The van der Waals surface area contributed by atoms with E-state index in [9.17, 15) is 8.42 Å². The molecule has 1 N–H and O–H groups in total. The van der Waals surface area contributed by atoms with Gasteiger partial charge in [0.25, 0.3) is 0 Å². The van der Waals surface area contributed by atoms with Gasteiger partial charge in [-0.1, -0.05) is 19.9 Å². The van der Waals surface area contributed by atoms with Crippen molar-refractivity contribution < 1.29 is 13.2 Å². The van der Waals surface area contributed by atoms with E-state index in [0.29, 0.717) is 16.7 Å². The summed E-state index contributed by atoms with van der Waals surface area (Å²) in [5, 5.41) is 1.78. The number of rotatable bonds is 7. The quantitative estimate of drug-likeness (QED) is 0.827. The maximum Gasteiger partial charge on any atom is 0.250 e. The first-order valence-electron chi connectivity index (χ1n) is 7.34. The van der Waals surface area contributed by atoms with Crippen molar-refractivity contribution in [2.45, 2.75) is 30.5 Å². The van der Waals surface area contributed by atoms with Crippen LogP contribution in [0.1, 0.15) is 20.3 Å². The lowest BCUT2D eigenvalue weighted by molar-refractivity contribution is 0.0134. The maximum atomic E-state index is 12.2. The fourth-order valence-electron chi connectivity index (χ4n) is 2.54. The van der Waals surface area contributed by atoms with Crippen molar-refractivity contribution in [1.29, 1.82) is 0 Å². The Hall–Kier alpha value is -0.470. The first kappa shape index (κ1) is 16.9. The average Bonchev–Trinajstić information content (AvgIpc) is 2.99. The molecule has 21 heavy (non-hydrogen) atoms. The molecular formula is C14H24N2O3S2. The molecule has 1 aromatic heterocycles. The summed E-state index contributed by atoms with van der Waals surface area (Å²) in [5.41, 5.74) is 0. The molecule has 0 bridgehead atoms. The Bertz CT molecular complexity index is 508. The number of ether oxygens (including phenoxy) is 1. The Morgan fingerprint density at radius 3 is 2.67 bits per heavy atom. The van der Waals surface area contributed by atoms with E-state index in [-0.39, 0.29) is 6.04 Å². The highest BCUT2D eigenvalue weighted by atomic mass is 32.2. The topological polar surface area (TPSA) is 58.6 Å². The van der Waals surface area contributed by atoms with Crippen molar-refractivity contribution in [3.05, 3.63) is 17.5 Å². The fraction of sp³-hybridized carbons (Fsp3) is 0.714. The van der Waals surface area contributed by atoms with Crippen molar-refractivity contribution in [3.63, 3.8) is 0 Å². The van der Waals surface area contributed by atoms with Crippen LogP contribution >= 0.6 is 11.3 Å². The van der Waals surface area contributed by atoms with Crippen molar-refractivity contribution in [2.24, 2.45) is 5.92 Å². The second-order valence-corrected chi connectivity index (χ2v) is 8.66. The lowest BCUT2D eigenvalue weighted by atomic mass is 10.0. The predicted molar refractivity (Wildman–Crippen MR) is 85.1 cm³/mol. The van der Waals surface area contributed by atoms with E-state index in [4.69, 9.17) is 4.74 Å². The van der Waals surface area contributed by atoms with Crippen LogP contribution in [-0.2, 0) is 14.8 Å². The third kappa shape index (κ3) is 5.03. The zero-order chi connectivity index (χ0) is 15.3. The van der Waals surface area contributed by atoms with Crippen LogP contribution in [0.5, 0.6) is 0 Å². The average molecular weight is 332 g/mol. The molecule has 120 valence electrons. The molecular weight excluding hydrogens is 308 g/mol. The molecule has 1 aliphatic rings. The van der Waals surface area contributed by atoms with Crippen LogP contribution < -0.4 is 4.72 Å². The third-order valence-corrected chi connectivity index (χ3v) is 6.40. The molecule has 0 spiro atoms. The highest BCUT2D eigenvalue weighted by Gasteiger charge is 2.24. The number of morpholine rings is 1. The van der Waals surface area contributed by atoms with Gasteiger partial charge in [0, 0.05) is 25.7 Å². The van der Waals surface area contributed by atoms with E-state index in [1.807, 2.05) is 0 Å². The van der Waals surface area contributed by atoms with Gasteiger partial charge < -0.3 is 4.74 Å². The summed E-state index contributed by atoms with van der Waals surface area (Å²) in [6, 6.07) is 3.62. The maximum absolute atomic E-state index is 12.2. The number of nitrogens with zero attached hydrogens (tertiary/aromatic N) is 1. The van der Waals surface area contributed by atoms with Gasteiger partial charge >= 0.3 is 0 Å². The first-order valence-corrected chi connectivity index (χ1v) is 9.70. The lowest BCUT2D eigenvalue weighted by Gasteiger charge is -2.35. The Labute approximate surface area is 131 Å². The minimum absolute atomic E-state index is 0.226. The van der Waals surface area contributed by atoms with Gasteiger partial charge in [0.2, 0.25) is 10.0 Å². The number of nitrogens with one attached hydrogen (secondary N) is 1. The molecule has 1 aliphatic heterocycles. The van der Waals surface area contributed by atoms with Crippen molar-refractivity contribution >= 4 is 21.4 Å². The van der Waals surface area contributed by atoms with E-state index in [1.54, 1.807) is 17.5 Å². The Morgan fingerprint density at radius 2 is 2.10 bits per heavy atom. The van der Waals surface area contributed by atoms with Crippen LogP contribution in [0.15, 0.2) is 21.7 Å². The highest BCUT2D eigenvalue weighted by molar-refractivity contribution is 7.91. The molecule has 0 radical (unpaired) electrons. The van der Waals surface area contributed by atoms with Gasteiger partial charge in [0.05, 0.1) is 13.2 Å². The summed E-state index contributed by atoms with van der Waals surface area (Å²) < 4.78 is 33.0. The van der Waals surface area contributed by atoms with E-state index < -0.39 is 10.0 Å². The lowest BCUT2D eigenvalue weighted by Crippen LogP contribution is -2.49. The summed E-state index contributed by atoms with van der Waals surface area (Å²) in [6.07, 6.45) is 0.979. The van der Waals surface area contributed by atoms with Crippen molar-refractivity contribution in [3.8, 4) is 0 Å². The summed E-state index contributed by atoms with van der Waals surface area (Å²) in [6.45, 7) is 8.00. The number of hydrogen-bond acceptors (Lipinski definition) is 5. The van der Waals surface area contributed by atoms with Crippen LogP contribution in [0.2, 0.25) is 0 Å². The van der Waals surface area contributed by atoms with Gasteiger partial charge in [-0.25, -0.2) is 13.1 Å². The Kier molecular flexibility index (Phi) is 6.19. The molecule has 0 unspecified atom stereocenters. The van der Waals surface area contributed by atoms with E-state index in [0.717, 1.165) is 32.7 Å². The summed E-state index contributed by atoms with van der Waals surface area (Å²) in [4.78, 5) is 2.33. The van der Waals surface area contributed by atoms with Crippen LogP contribution in [0.4, 0.5) is 0 Å². The van der Waals surface area contributed by atoms with Gasteiger partial charge in [-0.05, 0) is 23.8 Å². The summed E-state index contributed by atoms with van der Waals surface area (Å²) in [5.74, 6) is 0.532. The smallest absolute Gasteiger partial charge is 0.250 e. The first-order chi connectivity index (χ1) is 9.99. The molecule has 5 nitrogen and oxygen atoms in total. The molecule has 2 heterocycles. The summed E-state index contributed by atoms with van der Waals surface area (Å²) >= 11 is 1.25. The molecule has 1 atom stereocenters. The summed E-state index contributed by atoms with van der Waals surface area (Å²) in [7, 11) is -3.38. The predicted octanol–water partition coefficient (Wildman–Crippen LogP) is 1.77. The molecule has 0 saturated carbocycles. The standard InChI is InChI=1S/C14H24N2O3S2/c1-12(2)10-13(16-5-7-19-8-6-16)11-15-21(17,18)14-4-3-9-20-14/h3-4,9,12-13,15H,5-8,10-11H2,1-2H3/t13-/m1/s1. The molecule has 1 saturated heterocycles. The van der Waals surface area contributed by atoms with E-state index in [1.165, 1.54) is 11.3 Å². The molecule has 0 amide bonds. The normalized spacial score (nSPS) is 19.0. The fourth-order valence-corrected chi connectivity index (χ4v) is 4.65. The zero-order valence-corrected chi connectivity index (χ0v) is 14.3. The van der Waals surface area contributed by atoms with Crippen molar-refractivity contribution in [1.82, 2.24) is 9.62 Å². The monoisotopic (exact) mass is 332 g/mol. The molecule has 0 aromatic carbocycles. The largest absolute Gasteiger partial charge is 0.379 e. The Morgan fingerprint density at radius 1 is 1.38 bits per heavy atom. The minimum Gasteiger partial charge on any atom is -0.379 e. The number of thiophene rings is 1. The van der Waals surface area contributed by atoms with Gasteiger partial charge in [-0.15, -0.1) is 11.3 Å². The zero-order valence-electron chi connectivity index (χ0n) is 12.6. The van der Waals surface area contributed by atoms with E-state index >= 15 is 0 Å². The second kappa shape index (κ2) is 7.69.